The van der Waals surface area contributed by atoms with Crippen molar-refractivity contribution in [2.24, 2.45) is 0 Å². The molecule has 0 aliphatic carbocycles. The number of halogens is 12. The molecule has 0 spiro atoms. The smallest absolute Gasteiger partial charge is 0.138 e. The number of rotatable bonds is 26. The van der Waals surface area contributed by atoms with E-state index in [9.17, 15) is 40.9 Å². The number of likely N-dealkylation sites (N-methyl/N-ethyl adjacent to an activating group) is 1. The van der Waals surface area contributed by atoms with Gasteiger partial charge in [0.2, 0.25) is 0 Å². The highest BCUT2D eigenvalue weighted by atomic mass is 35.5. The first-order valence-electron chi connectivity index (χ1n) is 33.3. The molecule has 28 heteroatoms. The Hall–Kier alpha value is -5.49. The van der Waals surface area contributed by atoms with E-state index in [4.69, 9.17) is 149 Å². The zero-order chi connectivity index (χ0) is 77.8. The van der Waals surface area contributed by atoms with E-state index in [1.807, 2.05) is 104 Å². The van der Waals surface area contributed by atoms with Crippen LogP contribution in [0.2, 0.25) is 60.3 Å². The number of aromatic hydroxyl groups is 8. The topological polar surface area (TPSA) is 209 Å². The number of phenols is 8. The highest BCUT2D eigenvalue weighted by Gasteiger charge is 2.25. The molecule has 1 fully saturated rings. The molecule has 16 nitrogen and oxygen atoms in total. The monoisotopic (exact) mass is 1680 g/mol. The molecule has 1 aliphatic rings. The summed E-state index contributed by atoms with van der Waals surface area (Å²) in [6, 6.07) is 32.8. The summed E-state index contributed by atoms with van der Waals surface area (Å²) in [7, 11) is 5.54. The van der Waals surface area contributed by atoms with Crippen molar-refractivity contribution in [3.63, 3.8) is 0 Å². The Morgan fingerprint density at radius 1 is 0.387 bits per heavy atom. The first-order valence-corrected chi connectivity index (χ1v) is 37.8. The van der Waals surface area contributed by atoms with E-state index in [0.29, 0.717) is 160 Å². The van der Waals surface area contributed by atoms with Crippen LogP contribution in [0.15, 0.2) is 121 Å². The lowest BCUT2D eigenvalue weighted by molar-refractivity contribution is 0.0673. The number of benzene rings is 8. The molecule has 8 N–H and O–H groups in total. The number of aromatic nitrogens is 1. The Kier molecular flexibility index (Phi) is 34.8. The summed E-state index contributed by atoms with van der Waals surface area (Å²) in [6.45, 7) is 15.7. The Labute approximate surface area is 679 Å². The van der Waals surface area contributed by atoms with Gasteiger partial charge in [-0.25, -0.2) is 0 Å². The first kappa shape index (κ1) is 87.7. The lowest BCUT2D eigenvalue weighted by Gasteiger charge is -2.26. The summed E-state index contributed by atoms with van der Waals surface area (Å²) < 4.78 is 10.9. The molecule has 0 bridgehead atoms. The number of hydrogen-bond acceptors (Lipinski definition) is 16. The molecule has 570 valence electrons. The lowest BCUT2D eigenvalue weighted by atomic mass is 10.0. The Morgan fingerprint density at radius 3 is 1.01 bits per heavy atom. The van der Waals surface area contributed by atoms with Crippen LogP contribution < -0.4 is 0 Å². The van der Waals surface area contributed by atoms with Gasteiger partial charge in [0.1, 0.15) is 46.0 Å². The zero-order valence-electron chi connectivity index (χ0n) is 59.3. The van der Waals surface area contributed by atoms with Gasteiger partial charge in [0.05, 0.1) is 48.5 Å². The SMILES string of the molecule is CN(C)CCN(Cc1cc(Cl)cc(Cl)c1O)Cc1cc(Cl)cc(Cl)c1O.COCCN(Cc1cc(Cl)cc(Cl)c1O)Cc1cc(Cl)cc(Cl)c1O.Cc1cc(C)c(O)c(CN(Cc2ccccn2)Cc2cc(C)cc(C)c2O)c1.Oc1c(Cl)cc(Cl)cc1CN(Cc1cc(Cl)cc(Cl)c1O)CC1CCCO1. The Bertz CT molecular complexity index is 4210. The van der Waals surface area contributed by atoms with E-state index < -0.39 is 0 Å². The van der Waals surface area contributed by atoms with Crippen LogP contribution in [0.4, 0.5) is 0 Å². The highest BCUT2D eigenvalue weighted by Crippen LogP contribution is 2.40. The van der Waals surface area contributed by atoms with Crippen molar-refractivity contribution >= 4 is 139 Å². The molecular formula is C78H84Cl12N6O10. The van der Waals surface area contributed by atoms with E-state index in [0.717, 1.165) is 65.1 Å². The fourth-order valence-electron chi connectivity index (χ4n) is 11.8. The second kappa shape index (κ2) is 42.1. The van der Waals surface area contributed by atoms with E-state index >= 15 is 0 Å². The minimum atomic E-state index is -0.0261. The number of aryl methyl sites for hydroxylation is 4. The van der Waals surface area contributed by atoms with Crippen molar-refractivity contribution in [2.75, 3.05) is 60.6 Å². The summed E-state index contributed by atoms with van der Waals surface area (Å²) in [5, 5.41) is 86.3. The summed E-state index contributed by atoms with van der Waals surface area (Å²) >= 11 is 72.4. The van der Waals surface area contributed by atoms with E-state index in [-0.39, 0.29) is 70.7 Å². The molecule has 1 saturated heterocycles. The third-order valence-electron chi connectivity index (χ3n) is 16.9. The molecule has 8 aromatic carbocycles. The number of methoxy groups -OCH3 is 1. The van der Waals surface area contributed by atoms with Crippen LogP contribution in [0.1, 0.15) is 85.3 Å². The molecule has 0 amide bonds. The number of phenolic OH excluding ortho intramolecular Hbond substituents is 8. The molecule has 2 heterocycles. The van der Waals surface area contributed by atoms with Gasteiger partial charge < -0.3 is 55.2 Å². The predicted octanol–water partition coefficient (Wildman–Crippen LogP) is 21.5. The minimum absolute atomic E-state index is 0.000678. The Balaban J connectivity index is 0.000000197. The van der Waals surface area contributed by atoms with Gasteiger partial charge in [-0.2, -0.15) is 0 Å². The number of hydrogen-bond donors (Lipinski definition) is 8. The molecule has 1 aliphatic heterocycles. The van der Waals surface area contributed by atoms with Crippen LogP contribution >= 0.6 is 139 Å². The fourth-order valence-corrected chi connectivity index (χ4v) is 15.1. The third-order valence-corrected chi connectivity index (χ3v) is 20.0. The van der Waals surface area contributed by atoms with Crippen LogP contribution in [-0.4, -0.2) is 137 Å². The van der Waals surface area contributed by atoms with Crippen molar-refractivity contribution in [3.8, 4) is 46.0 Å². The summed E-state index contributed by atoms with van der Waals surface area (Å²) in [4.78, 5) is 14.7. The predicted molar refractivity (Wildman–Crippen MR) is 433 cm³/mol. The van der Waals surface area contributed by atoms with Gasteiger partial charge in [0.25, 0.3) is 0 Å². The molecule has 0 radical (unpaired) electrons. The van der Waals surface area contributed by atoms with Crippen molar-refractivity contribution in [1.29, 1.82) is 0 Å². The maximum Gasteiger partial charge on any atom is 0.138 e. The maximum absolute atomic E-state index is 10.6. The van der Waals surface area contributed by atoms with Gasteiger partial charge in [-0.3, -0.25) is 24.6 Å². The molecule has 0 saturated carbocycles. The van der Waals surface area contributed by atoms with Crippen LogP contribution in [0.3, 0.4) is 0 Å². The molecule has 106 heavy (non-hydrogen) atoms. The minimum Gasteiger partial charge on any atom is -0.507 e. The second-order valence-corrected chi connectivity index (χ2v) is 31.1. The van der Waals surface area contributed by atoms with E-state index in [2.05, 4.69) is 9.88 Å². The van der Waals surface area contributed by atoms with Gasteiger partial charge in [-0.1, -0.05) is 181 Å². The van der Waals surface area contributed by atoms with Crippen molar-refractivity contribution in [1.82, 2.24) is 29.5 Å². The lowest BCUT2D eigenvalue weighted by Crippen LogP contribution is -2.31. The number of nitrogens with zero attached hydrogens (tertiary/aromatic N) is 6. The van der Waals surface area contributed by atoms with Crippen LogP contribution in [0, 0.1) is 27.7 Å². The first-order chi connectivity index (χ1) is 50.1. The van der Waals surface area contributed by atoms with E-state index in [1.165, 1.54) is 36.4 Å². The van der Waals surface area contributed by atoms with Gasteiger partial charge in [0.15, 0.2) is 0 Å². The molecule has 1 unspecified atom stereocenters. The van der Waals surface area contributed by atoms with Crippen molar-refractivity contribution in [2.45, 2.75) is 106 Å². The molecule has 1 atom stereocenters. The summed E-state index contributed by atoms with van der Waals surface area (Å²) in [6.07, 6.45) is 3.84. The van der Waals surface area contributed by atoms with Gasteiger partial charge in [0, 0.05) is 180 Å². The normalized spacial score (nSPS) is 12.8. The molecular weight excluding hydrogens is 1610 g/mol. The van der Waals surface area contributed by atoms with Crippen molar-refractivity contribution < 1.29 is 50.3 Å². The fraction of sp³-hybridized carbons (Fsp3) is 0.321. The average Bonchev–Trinajstić information content (AvgIpc) is 0.842. The van der Waals surface area contributed by atoms with Crippen LogP contribution in [0.5, 0.6) is 46.0 Å². The molecule has 1 aromatic heterocycles. The van der Waals surface area contributed by atoms with E-state index in [1.54, 1.807) is 49.7 Å². The zero-order valence-corrected chi connectivity index (χ0v) is 68.3. The number of pyridine rings is 1. The van der Waals surface area contributed by atoms with Gasteiger partial charge in [-0.05, 0) is 151 Å². The maximum atomic E-state index is 10.6. The molecule has 10 rings (SSSR count). The largest absolute Gasteiger partial charge is 0.507 e. The van der Waals surface area contributed by atoms with Crippen molar-refractivity contribution in [3.05, 3.63) is 254 Å². The second-order valence-electron chi connectivity index (χ2n) is 26.0. The standard InChI is InChI=1S/C24H28N2O2.C19H19Cl4NO3.C18H20Cl4N2O2.C17H17Cl4NO3/c1-16-9-18(3)23(27)20(11-16)13-26(15-22-7-5-6-8-25-22)14-21-12-17(2)10-19(4)24(21)28;20-13-4-11(18(25)16(22)6-13)8-24(10-15-2-1-3-27-15)9-12-5-14(21)7-17(23)19(12)26;1-23(2)3-4-24(9-11-5-13(19)7-15(21)17(11)25)10-12-6-14(20)8-16(22)18(12)26;1-25-3-2-22(8-10-4-12(18)6-14(20)16(10)23)9-11-5-13(19)7-15(21)17(11)24/h5-12,27-28H,13-15H2,1-4H3;4-7,15,25-26H,1-3,8-10H2;5-8,25-26H,3-4,9-10H2,1-2H3;4-7,23-24H,2-3,8-9H2,1H3. The molecule has 9 aromatic rings. The Morgan fingerprint density at radius 2 is 0.708 bits per heavy atom. The summed E-state index contributed by atoms with van der Waals surface area (Å²) in [5.74, 6) is 0.600. The third kappa shape index (κ3) is 26.9. The van der Waals surface area contributed by atoms with Crippen LogP contribution in [0.25, 0.3) is 0 Å². The average molecular weight is 1690 g/mol. The van der Waals surface area contributed by atoms with Crippen LogP contribution in [-0.2, 0) is 68.4 Å². The van der Waals surface area contributed by atoms with Gasteiger partial charge >= 0.3 is 0 Å². The number of ether oxygens (including phenoxy) is 2. The highest BCUT2D eigenvalue weighted by molar-refractivity contribution is 6.38. The van der Waals surface area contributed by atoms with Gasteiger partial charge in [-0.15, -0.1) is 0 Å². The quantitative estimate of drug-likeness (QED) is 0.0254. The summed E-state index contributed by atoms with van der Waals surface area (Å²) in [5.41, 5.74) is 10.3.